The third-order valence-corrected chi connectivity index (χ3v) is 2.92. The molecular formula is C13H16F2N2O. The number of alkyl halides is 2. The molecule has 0 bridgehead atoms. The van der Waals surface area contributed by atoms with Crippen LogP contribution in [0.1, 0.15) is 17.4 Å². The number of furan rings is 1. The lowest BCUT2D eigenvalue weighted by molar-refractivity contribution is 0.141. The predicted molar refractivity (Wildman–Crippen MR) is 66.8 cm³/mol. The van der Waals surface area contributed by atoms with Gasteiger partial charge in [-0.15, -0.1) is 0 Å². The normalized spacial score (nSPS) is 13.4. The van der Waals surface area contributed by atoms with Crippen molar-refractivity contribution in [3.63, 3.8) is 0 Å². The number of halogens is 2. The summed E-state index contributed by atoms with van der Waals surface area (Å²) in [5, 5.41) is 3.69. The van der Waals surface area contributed by atoms with E-state index in [1.807, 2.05) is 31.2 Å². The van der Waals surface area contributed by atoms with Crippen LogP contribution in [-0.2, 0) is 0 Å². The standard InChI is InChI=1S/C13H16F2N2O/c1-8-13(10(6-16)17-7-12(14)15)9-4-2-3-5-11(9)18-8/h2-5,10,12,17H,6-7,16H2,1H3. The first-order valence-electron chi connectivity index (χ1n) is 5.83. The first-order chi connectivity index (χ1) is 8.63. The van der Waals surface area contributed by atoms with Gasteiger partial charge in [-0.05, 0) is 13.0 Å². The van der Waals surface area contributed by atoms with Crippen molar-refractivity contribution in [3.05, 3.63) is 35.6 Å². The Labute approximate surface area is 104 Å². The zero-order valence-corrected chi connectivity index (χ0v) is 10.1. The quantitative estimate of drug-likeness (QED) is 0.862. The lowest BCUT2D eigenvalue weighted by Gasteiger charge is -2.16. The fourth-order valence-electron chi connectivity index (χ4n) is 2.16. The second-order valence-electron chi connectivity index (χ2n) is 4.16. The largest absolute Gasteiger partial charge is 0.461 e. The van der Waals surface area contributed by atoms with Gasteiger partial charge in [-0.1, -0.05) is 18.2 Å². The molecule has 1 atom stereocenters. The highest BCUT2D eigenvalue weighted by molar-refractivity contribution is 5.82. The van der Waals surface area contributed by atoms with Crippen molar-refractivity contribution in [2.75, 3.05) is 13.1 Å². The number of benzene rings is 1. The van der Waals surface area contributed by atoms with Gasteiger partial charge in [-0.25, -0.2) is 8.78 Å². The zero-order chi connectivity index (χ0) is 13.1. The van der Waals surface area contributed by atoms with Crippen LogP contribution < -0.4 is 11.1 Å². The minimum atomic E-state index is -2.39. The molecule has 18 heavy (non-hydrogen) atoms. The van der Waals surface area contributed by atoms with E-state index in [1.165, 1.54) is 0 Å². The molecule has 0 saturated heterocycles. The average Bonchev–Trinajstić information content (AvgIpc) is 2.67. The molecule has 1 aromatic carbocycles. The summed E-state index contributed by atoms with van der Waals surface area (Å²) in [5.74, 6) is 0.716. The summed E-state index contributed by atoms with van der Waals surface area (Å²) >= 11 is 0. The van der Waals surface area contributed by atoms with Crippen molar-refractivity contribution in [1.82, 2.24) is 5.32 Å². The van der Waals surface area contributed by atoms with Gasteiger partial charge in [0.15, 0.2) is 0 Å². The summed E-state index contributed by atoms with van der Waals surface area (Å²) in [6.07, 6.45) is -2.39. The maximum absolute atomic E-state index is 12.3. The Morgan fingerprint density at radius 2 is 2.06 bits per heavy atom. The maximum atomic E-state index is 12.3. The molecule has 2 rings (SSSR count). The van der Waals surface area contributed by atoms with E-state index < -0.39 is 6.43 Å². The van der Waals surface area contributed by atoms with Crippen LogP contribution in [0.25, 0.3) is 11.0 Å². The molecule has 1 heterocycles. The Kier molecular flexibility index (Phi) is 3.93. The third kappa shape index (κ3) is 2.52. The molecule has 2 aromatic rings. The van der Waals surface area contributed by atoms with Crippen LogP contribution >= 0.6 is 0 Å². The smallest absolute Gasteiger partial charge is 0.250 e. The minimum absolute atomic E-state index is 0.247. The van der Waals surface area contributed by atoms with Gasteiger partial charge >= 0.3 is 0 Å². The molecule has 0 spiro atoms. The van der Waals surface area contributed by atoms with Gasteiger partial charge in [0.1, 0.15) is 11.3 Å². The molecule has 0 amide bonds. The Hall–Kier alpha value is -1.46. The van der Waals surface area contributed by atoms with Crippen molar-refractivity contribution < 1.29 is 13.2 Å². The third-order valence-electron chi connectivity index (χ3n) is 2.92. The van der Waals surface area contributed by atoms with Crippen LogP contribution in [0, 0.1) is 6.92 Å². The number of hydrogen-bond acceptors (Lipinski definition) is 3. The lowest BCUT2D eigenvalue weighted by Crippen LogP contribution is -2.32. The molecule has 0 radical (unpaired) electrons. The van der Waals surface area contributed by atoms with E-state index in [2.05, 4.69) is 5.32 Å². The van der Waals surface area contributed by atoms with Crippen molar-refractivity contribution in [3.8, 4) is 0 Å². The highest BCUT2D eigenvalue weighted by atomic mass is 19.3. The van der Waals surface area contributed by atoms with Crippen LogP contribution in [0.5, 0.6) is 0 Å². The number of rotatable bonds is 5. The number of para-hydroxylation sites is 1. The SMILES string of the molecule is Cc1oc2ccccc2c1C(CN)NCC(F)F. The summed E-state index contributed by atoms with van der Waals surface area (Å²) in [6, 6.07) is 7.21. The number of fused-ring (bicyclic) bond motifs is 1. The highest BCUT2D eigenvalue weighted by Crippen LogP contribution is 2.30. The molecule has 0 fully saturated rings. The van der Waals surface area contributed by atoms with Crippen LogP contribution in [0.15, 0.2) is 28.7 Å². The van der Waals surface area contributed by atoms with E-state index in [-0.39, 0.29) is 19.1 Å². The molecule has 1 unspecified atom stereocenters. The van der Waals surface area contributed by atoms with Crippen molar-refractivity contribution in [2.45, 2.75) is 19.4 Å². The molecule has 98 valence electrons. The number of hydrogen-bond donors (Lipinski definition) is 2. The van der Waals surface area contributed by atoms with Crippen LogP contribution in [-0.4, -0.2) is 19.5 Å². The topological polar surface area (TPSA) is 51.2 Å². The van der Waals surface area contributed by atoms with E-state index >= 15 is 0 Å². The Balaban J connectivity index is 2.35. The van der Waals surface area contributed by atoms with Gasteiger partial charge in [0, 0.05) is 23.5 Å². The van der Waals surface area contributed by atoms with Crippen molar-refractivity contribution in [2.24, 2.45) is 5.73 Å². The summed E-state index contributed by atoms with van der Waals surface area (Å²) < 4.78 is 30.1. The Bertz CT molecular complexity index is 525. The molecule has 5 heteroatoms. The number of aryl methyl sites for hydroxylation is 1. The van der Waals surface area contributed by atoms with Crippen LogP contribution in [0.2, 0.25) is 0 Å². The fourth-order valence-corrected chi connectivity index (χ4v) is 2.16. The van der Waals surface area contributed by atoms with E-state index in [9.17, 15) is 8.78 Å². The summed E-state index contributed by atoms with van der Waals surface area (Å²) in [4.78, 5) is 0. The zero-order valence-electron chi connectivity index (χ0n) is 10.1. The van der Waals surface area contributed by atoms with Gasteiger partial charge in [-0.3, -0.25) is 0 Å². The summed E-state index contributed by atoms with van der Waals surface area (Å²) in [5.41, 5.74) is 7.28. The first kappa shape index (κ1) is 13.0. The maximum Gasteiger partial charge on any atom is 0.250 e. The fraction of sp³-hybridized carbons (Fsp3) is 0.385. The minimum Gasteiger partial charge on any atom is -0.461 e. The van der Waals surface area contributed by atoms with E-state index in [1.54, 1.807) is 0 Å². The molecule has 3 nitrogen and oxygen atoms in total. The van der Waals surface area contributed by atoms with E-state index in [0.717, 1.165) is 16.5 Å². The Morgan fingerprint density at radius 1 is 1.33 bits per heavy atom. The van der Waals surface area contributed by atoms with Crippen molar-refractivity contribution >= 4 is 11.0 Å². The molecule has 1 aromatic heterocycles. The second kappa shape index (κ2) is 5.46. The summed E-state index contributed by atoms with van der Waals surface area (Å²) in [7, 11) is 0. The van der Waals surface area contributed by atoms with Crippen LogP contribution in [0.3, 0.4) is 0 Å². The second-order valence-corrected chi connectivity index (χ2v) is 4.16. The predicted octanol–water partition coefficient (Wildman–Crippen LogP) is 2.60. The molecule has 3 N–H and O–H groups in total. The average molecular weight is 254 g/mol. The monoisotopic (exact) mass is 254 g/mol. The van der Waals surface area contributed by atoms with Gasteiger partial charge in [0.2, 0.25) is 0 Å². The number of nitrogens with two attached hydrogens (primary N) is 1. The Morgan fingerprint density at radius 3 is 2.72 bits per heavy atom. The van der Waals surface area contributed by atoms with Gasteiger partial charge in [-0.2, -0.15) is 0 Å². The van der Waals surface area contributed by atoms with Gasteiger partial charge < -0.3 is 15.5 Å². The van der Waals surface area contributed by atoms with E-state index in [4.69, 9.17) is 10.2 Å². The first-order valence-corrected chi connectivity index (χ1v) is 5.83. The van der Waals surface area contributed by atoms with Gasteiger partial charge in [0.25, 0.3) is 6.43 Å². The van der Waals surface area contributed by atoms with E-state index in [0.29, 0.717) is 5.76 Å². The highest BCUT2D eigenvalue weighted by Gasteiger charge is 2.19. The molecular weight excluding hydrogens is 238 g/mol. The van der Waals surface area contributed by atoms with Crippen LogP contribution in [0.4, 0.5) is 8.78 Å². The summed E-state index contributed by atoms with van der Waals surface area (Å²) in [6.45, 7) is 1.69. The molecule has 0 aliphatic heterocycles. The lowest BCUT2D eigenvalue weighted by atomic mass is 10.0. The molecule has 0 saturated carbocycles. The molecule has 0 aliphatic rings. The molecule has 0 aliphatic carbocycles. The van der Waals surface area contributed by atoms with Gasteiger partial charge in [0.05, 0.1) is 6.54 Å². The van der Waals surface area contributed by atoms with Crippen molar-refractivity contribution in [1.29, 1.82) is 0 Å². The number of nitrogens with one attached hydrogen (secondary N) is 1.